The Labute approximate surface area is 152 Å². The molecule has 134 valence electrons. The minimum absolute atomic E-state index is 0.134. The Hall–Kier alpha value is -3.88. The largest absolute Gasteiger partial charge is 0.378 e. The second-order valence-corrected chi connectivity index (χ2v) is 5.85. The van der Waals surface area contributed by atoms with Gasteiger partial charge in [0.15, 0.2) is 5.65 Å². The summed E-state index contributed by atoms with van der Waals surface area (Å²) in [7, 11) is 0. The van der Waals surface area contributed by atoms with Crippen LogP contribution in [0, 0.1) is 10.7 Å². The smallest absolute Gasteiger partial charge is 0.358 e. The van der Waals surface area contributed by atoms with Crippen LogP contribution in [0.15, 0.2) is 54.7 Å². The van der Waals surface area contributed by atoms with Crippen LogP contribution in [-0.2, 0) is 6.54 Å². The van der Waals surface area contributed by atoms with E-state index >= 15 is 0 Å². The Balaban J connectivity index is 1.84. The number of benzene rings is 1. The van der Waals surface area contributed by atoms with Crippen LogP contribution in [0.2, 0.25) is 0 Å². The summed E-state index contributed by atoms with van der Waals surface area (Å²) < 4.78 is 15.6. The van der Waals surface area contributed by atoms with E-state index in [0.717, 1.165) is 0 Å². The van der Waals surface area contributed by atoms with Crippen molar-refractivity contribution < 1.29 is 14.5 Å². The molecule has 0 radical (unpaired) electrons. The SMILES string of the molecule is Nc1nc(-c2nn(Cc3ccccc3F)c3ncccc23)ccc1[N+](=O)O. The number of nitrogen functional groups attached to an aromatic ring is 1. The van der Waals surface area contributed by atoms with Crippen molar-refractivity contribution in [3.8, 4) is 11.4 Å². The van der Waals surface area contributed by atoms with Crippen molar-refractivity contribution >= 4 is 22.5 Å². The molecule has 4 rings (SSSR count). The monoisotopic (exact) mass is 365 g/mol. The minimum Gasteiger partial charge on any atom is -0.378 e. The lowest BCUT2D eigenvalue weighted by Gasteiger charge is -2.04. The third kappa shape index (κ3) is 2.95. The molecule has 0 unspecified atom stereocenters. The van der Waals surface area contributed by atoms with Crippen molar-refractivity contribution in [1.82, 2.24) is 19.7 Å². The number of anilines is 1. The molecule has 0 amide bonds. The van der Waals surface area contributed by atoms with Crippen LogP contribution in [-0.4, -0.2) is 29.9 Å². The summed E-state index contributed by atoms with van der Waals surface area (Å²) in [5, 5.41) is 14.3. The molecule has 3 aromatic heterocycles. The lowest BCUT2D eigenvalue weighted by Crippen LogP contribution is -2.05. The molecule has 0 bridgehead atoms. The van der Waals surface area contributed by atoms with E-state index in [2.05, 4.69) is 15.1 Å². The molecule has 1 aromatic carbocycles. The summed E-state index contributed by atoms with van der Waals surface area (Å²) in [5.41, 5.74) is 7.51. The van der Waals surface area contributed by atoms with Crippen LogP contribution < -0.4 is 5.73 Å². The number of hydrogen-bond donors (Lipinski definition) is 2. The molecule has 8 nitrogen and oxygen atoms in total. The first-order valence-corrected chi connectivity index (χ1v) is 8.02. The van der Waals surface area contributed by atoms with Crippen molar-refractivity contribution in [2.45, 2.75) is 6.54 Å². The van der Waals surface area contributed by atoms with Crippen LogP contribution in [0.3, 0.4) is 0 Å². The lowest BCUT2D eigenvalue weighted by atomic mass is 10.2. The highest BCUT2D eigenvalue weighted by Gasteiger charge is 2.21. The van der Waals surface area contributed by atoms with Crippen LogP contribution in [0.25, 0.3) is 22.4 Å². The van der Waals surface area contributed by atoms with E-state index in [-0.39, 0.29) is 28.8 Å². The molecule has 0 aliphatic heterocycles. The van der Waals surface area contributed by atoms with Crippen molar-refractivity contribution in [1.29, 1.82) is 0 Å². The Morgan fingerprint density at radius 1 is 1.15 bits per heavy atom. The number of fused-ring (bicyclic) bond motifs is 1. The summed E-state index contributed by atoms with van der Waals surface area (Å²) in [4.78, 5) is 19.2. The highest BCUT2D eigenvalue weighted by molar-refractivity contribution is 5.90. The normalized spacial score (nSPS) is 11.0. The number of aromatic nitrogens is 4. The molecule has 0 spiro atoms. The fourth-order valence-corrected chi connectivity index (χ4v) is 2.86. The minimum atomic E-state index is -0.345. The zero-order valence-corrected chi connectivity index (χ0v) is 14.0. The summed E-state index contributed by atoms with van der Waals surface area (Å²) >= 11 is 0. The molecule has 0 fully saturated rings. The van der Waals surface area contributed by atoms with Crippen LogP contribution in [0.4, 0.5) is 15.9 Å². The van der Waals surface area contributed by atoms with E-state index in [0.29, 0.717) is 28.0 Å². The summed E-state index contributed by atoms with van der Waals surface area (Å²) in [5.74, 6) is -0.463. The second kappa shape index (κ2) is 6.45. The summed E-state index contributed by atoms with van der Waals surface area (Å²) in [6, 6.07) is 12.9. The van der Waals surface area contributed by atoms with E-state index in [4.69, 9.17) is 10.9 Å². The Morgan fingerprint density at radius 2 is 1.96 bits per heavy atom. The van der Waals surface area contributed by atoms with Crippen molar-refractivity contribution in [2.24, 2.45) is 0 Å². The average molecular weight is 365 g/mol. The van der Waals surface area contributed by atoms with Gasteiger partial charge in [-0.2, -0.15) is 5.10 Å². The maximum absolute atomic E-state index is 14.0. The predicted octanol–water partition coefficient (Wildman–Crippen LogP) is 3.06. The van der Waals surface area contributed by atoms with Gasteiger partial charge in [0.25, 0.3) is 4.92 Å². The van der Waals surface area contributed by atoms with Gasteiger partial charge in [0, 0.05) is 23.2 Å². The standard InChI is InChI=1S/C18H14FN6O2/c19-13-6-2-1-4-11(13)10-24-18-12(5-3-9-21-18)16(23-24)14-7-8-15(25(26)27)17(20)22-14/h1-9H,10H2,(H2,20,22)(H,26,27)/q+1. The first-order chi connectivity index (χ1) is 13.0. The van der Waals surface area contributed by atoms with Gasteiger partial charge in [-0.3, -0.25) is 0 Å². The number of hydrogen-bond acceptors (Lipinski definition) is 5. The highest BCUT2D eigenvalue weighted by Crippen LogP contribution is 2.29. The Morgan fingerprint density at radius 3 is 2.70 bits per heavy atom. The van der Waals surface area contributed by atoms with Gasteiger partial charge in [0.2, 0.25) is 5.82 Å². The third-order valence-electron chi connectivity index (χ3n) is 4.14. The first kappa shape index (κ1) is 16.6. The molecule has 3 N–H and O–H groups in total. The number of halogens is 1. The molecule has 4 aromatic rings. The Bertz CT molecular complexity index is 1170. The highest BCUT2D eigenvalue weighted by atomic mass is 19.1. The summed E-state index contributed by atoms with van der Waals surface area (Å²) in [6.45, 7) is 0.193. The zero-order valence-electron chi connectivity index (χ0n) is 14.0. The van der Waals surface area contributed by atoms with Gasteiger partial charge in [-0.25, -0.2) is 24.2 Å². The molecule has 0 saturated carbocycles. The van der Waals surface area contributed by atoms with Gasteiger partial charge in [0.1, 0.15) is 11.5 Å². The number of nitrogens with two attached hydrogens (primary N) is 1. The van der Waals surface area contributed by atoms with Crippen molar-refractivity contribution in [3.63, 3.8) is 0 Å². The molecule has 9 heteroatoms. The maximum Gasteiger partial charge on any atom is 0.358 e. The van der Waals surface area contributed by atoms with Gasteiger partial charge < -0.3 is 5.73 Å². The van der Waals surface area contributed by atoms with E-state index in [1.807, 2.05) is 6.07 Å². The zero-order chi connectivity index (χ0) is 19.0. The molecule has 0 saturated heterocycles. The maximum atomic E-state index is 14.0. The van der Waals surface area contributed by atoms with Crippen molar-refractivity contribution in [2.75, 3.05) is 5.73 Å². The molecule has 27 heavy (non-hydrogen) atoms. The number of nitrogens with zero attached hydrogens (tertiary/aromatic N) is 5. The fourth-order valence-electron chi connectivity index (χ4n) is 2.86. The van der Waals surface area contributed by atoms with Gasteiger partial charge in [0.05, 0.1) is 17.1 Å². The van der Waals surface area contributed by atoms with Gasteiger partial charge >= 0.3 is 5.69 Å². The molecule has 0 aliphatic carbocycles. The predicted molar refractivity (Wildman–Crippen MR) is 95.7 cm³/mol. The van der Waals surface area contributed by atoms with Gasteiger partial charge in [-0.1, -0.05) is 18.2 Å². The average Bonchev–Trinajstić information content (AvgIpc) is 3.02. The van der Waals surface area contributed by atoms with Crippen molar-refractivity contribution in [3.05, 3.63) is 71.0 Å². The van der Waals surface area contributed by atoms with E-state index in [1.54, 1.807) is 35.1 Å². The van der Waals surface area contributed by atoms with E-state index in [9.17, 15) is 9.30 Å². The molecule has 3 heterocycles. The topological polar surface area (TPSA) is 110 Å². The summed E-state index contributed by atoms with van der Waals surface area (Å²) in [6.07, 6.45) is 1.62. The van der Waals surface area contributed by atoms with E-state index in [1.165, 1.54) is 18.2 Å². The molecular weight excluding hydrogens is 351 g/mol. The Kier molecular flexibility index (Phi) is 3.96. The van der Waals surface area contributed by atoms with Crippen LogP contribution in [0.5, 0.6) is 0 Å². The van der Waals surface area contributed by atoms with Crippen LogP contribution >= 0.6 is 0 Å². The van der Waals surface area contributed by atoms with Gasteiger partial charge in [-0.05, 0) is 24.3 Å². The second-order valence-electron chi connectivity index (χ2n) is 5.85. The first-order valence-electron chi connectivity index (χ1n) is 8.02. The fraction of sp³-hybridized carbons (Fsp3) is 0.0556. The number of rotatable bonds is 4. The lowest BCUT2D eigenvalue weighted by molar-refractivity contribution is -0.729. The van der Waals surface area contributed by atoms with E-state index < -0.39 is 0 Å². The molecular formula is C18H14FN6O2+. The quantitative estimate of drug-likeness (QED) is 0.538. The molecule has 0 atom stereocenters. The third-order valence-corrected chi connectivity index (χ3v) is 4.14. The number of pyridine rings is 2. The van der Waals surface area contributed by atoms with Crippen LogP contribution in [0.1, 0.15) is 5.56 Å². The van der Waals surface area contributed by atoms with Gasteiger partial charge in [-0.15, -0.1) is 0 Å². The molecule has 0 aliphatic rings.